The lowest BCUT2D eigenvalue weighted by molar-refractivity contribution is 0.0713. The van der Waals surface area contributed by atoms with E-state index in [1.54, 1.807) is 0 Å². The number of hydrogen-bond acceptors (Lipinski definition) is 2. The Balaban J connectivity index is 1.97. The molecule has 2 aliphatic rings. The summed E-state index contributed by atoms with van der Waals surface area (Å²) in [4.78, 5) is 2.64. The quantitative estimate of drug-likeness (QED) is 0.795. The van der Waals surface area contributed by atoms with Gasteiger partial charge in [-0.2, -0.15) is 0 Å². The van der Waals surface area contributed by atoms with Gasteiger partial charge in [-0.15, -0.1) is 0 Å². The SMILES string of the molecule is CC1CCC(CN)C(N(C)C(C)C2CC2)C1. The summed E-state index contributed by atoms with van der Waals surface area (Å²) in [6, 6.07) is 1.51. The summed E-state index contributed by atoms with van der Waals surface area (Å²) in [6.07, 6.45) is 6.96. The third kappa shape index (κ3) is 2.60. The normalized spacial score (nSPS) is 37.7. The second-order valence-electron chi connectivity index (χ2n) is 6.22. The topological polar surface area (TPSA) is 29.3 Å². The minimum atomic E-state index is 0.738. The zero-order valence-corrected chi connectivity index (χ0v) is 11.2. The summed E-state index contributed by atoms with van der Waals surface area (Å²) >= 11 is 0. The molecular formula is C14H28N2. The third-order valence-electron chi connectivity index (χ3n) is 4.99. The first-order chi connectivity index (χ1) is 7.63. The molecule has 0 bridgehead atoms. The Labute approximate surface area is 101 Å². The van der Waals surface area contributed by atoms with Crippen molar-refractivity contribution >= 4 is 0 Å². The van der Waals surface area contributed by atoms with Crippen LogP contribution in [-0.2, 0) is 0 Å². The van der Waals surface area contributed by atoms with Crippen molar-refractivity contribution in [1.82, 2.24) is 4.90 Å². The molecule has 2 fully saturated rings. The molecule has 2 heteroatoms. The van der Waals surface area contributed by atoms with E-state index in [0.29, 0.717) is 0 Å². The average Bonchev–Trinajstić information content (AvgIpc) is 3.11. The summed E-state index contributed by atoms with van der Waals surface area (Å²) in [5.41, 5.74) is 5.94. The second-order valence-corrected chi connectivity index (χ2v) is 6.22. The van der Waals surface area contributed by atoms with Gasteiger partial charge in [0, 0.05) is 12.1 Å². The molecule has 2 saturated carbocycles. The van der Waals surface area contributed by atoms with Crippen molar-refractivity contribution in [1.29, 1.82) is 0 Å². The zero-order chi connectivity index (χ0) is 11.7. The van der Waals surface area contributed by atoms with E-state index in [2.05, 4.69) is 25.8 Å². The van der Waals surface area contributed by atoms with Crippen LogP contribution in [0.3, 0.4) is 0 Å². The van der Waals surface area contributed by atoms with Crippen LogP contribution in [0.1, 0.15) is 46.0 Å². The average molecular weight is 224 g/mol. The van der Waals surface area contributed by atoms with E-state index in [1.807, 2.05) is 0 Å². The fraction of sp³-hybridized carbons (Fsp3) is 1.00. The van der Waals surface area contributed by atoms with Gasteiger partial charge in [-0.1, -0.05) is 13.3 Å². The van der Waals surface area contributed by atoms with E-state index in [1.165, 1.54) is 32.1 Å². The van der Waals surface area contributed by atoms with Gasteiger partial charge in [0.05, 0.1) is 0 Å². The molecule has 94 valence electrons. The molecule has 16 heavy (non-hydrogen) atoms. The van der Waals surface area contributed by atoms with Gasteiger partial charge >= 0.3 is 0 Å². The van der Waals surface area contributed by atoms with E-state index < -0.39 is 0 Å². The molecule has 0 radical (unpaired) electrons. The molecule has 4 unspecified atom stereocenters. The predicted molar refractivity (Wildman–Crippen MR) is 69.3 cm³/mol. The van der Waals surface area contributed by atoms with Gasteiger partial charge < -0.3 is 10.6 Å². The van der Waals surface area contributed by atoms with Crippen LogP contribution < -0.4 is 5.73 Å². The largest absolute Gasteiger partial charge is 0.330 e. The van der Waals surface area contributed by atoms with Crippen molar-refractivity contribution < 1.29 is 0 Å². The maximum atomic E-state index is 5.94. The van der Waals surface area contributed by atoms with Gasteiger partial charge in [-0.05, 0) is 64.0 Å². The molecule has 0 spiro atoms. The van der Waals surface area contributed by atoms with Crippen LogP contribution >= 0.6 is 0 Å². The Bertz CT molecular complexity index is 225. The van der Waals surface area contributed by atoms with Crippen molar-refractivity contribution in [2.24, 2.45) is 23.5 Å². The minimum Gasteiger partial charge on any atom is -0.330 e. The summed E-state index contributed by atoms with van der Waals surface area (Å²) in [7, 11) is 2.33. The van der Waals surface area contributed by atoms with E-state index in [4.69, 9.17) is 5.73 Å². The van der Waals surface area contributed by atoms with Gasteiger partial charge in [0.25, 0.3) is 0 Å². The Morgan fingerprint density at radius 3 is 2.50 bits per heavy atom. The van der Waals surface area contributed by atoms with Crippen molar-refractivity contribution in [2.75, 3.05) is 13.6 Å². The van der Waals surface area contributed by atoms with Crippen LogP contribution in [0.25, 0.3) is 0 Å². The van der Waals surface area contributed by atoms with Crippen molar-refractivity contribution in [3.63, 3.8) is 0 Å². The number of hydrogen-bond donors (Lipinski definition) is 1. The number of nitrogens with zero attached hydrogens (tertiary/aromatic N) is 1. The van der Waals surface area contributed by atoms with Crippen LogP contribution in [0, 0.1) is 17.8 Å². The first-order valence-electron chi connectivity index (χ1n) is 7.05. The van der Waals surface area contributed by atoms with Crippen molar-refractivity contribution in [2.45, 2.75) is 58.0 Å². The molecule has 0 aromatic carbocycles. The Hall–Kier alpha value is -0.0800. The van der Waals surface area contributed by atoms with Crippen LogP contribution in [0.5, 0.6) is 0 Å². The van der Waals surface area contributed by atoms with E-state index >= 15 is 0 Å². The summed E-state index contributed by atoms with van der Waals surface area (Å²) < 4.78 is 0. The van der Waals surface area contributed by atoms with Gasteiger partial charge in [-0.3, -0.25) is 0 Å². The number of nitrogens with two attached hydrogens (primary N) is 1. The molecule has 0 aromatic rings. The zero-order valence-electron chi connectivity index (χ0n) is 11.2. The second kappa shape index (κ2) is 5.05. The minimum absolute atomic E-state index is 0.738. The Kier molecular flexibility index (Phi) is 3.91. The predicted octanol–water partition coefficient (Wildman–Crippen LogP) is 2.48. The van der Waals surface area contributed by atoms with Crippen molar-refractivity contribution in [3.8, 4) is 0 Å². The highest BCUT2D eigenvalue weighted by molar-refractivity contribution is 4.91. The summed E-state index contributed by atoms with van der Waals surface area (Å²) in [6.45, 7) is 5.68. The molecule has 0 heterocycles. The summed E-state index contributed by atoms with van der Waals surface area (Å²) in [5.74, 6) is 2.60. The molecular weight excluding hydrogens is 196 g/mol. The third-order valence-corrected chi connectivity index (χ3v) is 4.99. The smallest absolute Gasteiger partial charge is 0.0138 e. The highest BCUT2D eigenvalue weighted by Gasteiger charge is 2.37. The molecule has 4 atom stereocenters. The number of rotatable bonds is 4. The molecule has 0 aliphatic heterocycles. The molecule has 2 rings (SSSR count). The van der Waals surface area contributed by atoms with E-state index in [0.717, 1.165) is 36.4 Å². The fourth-order valence-corrected chi connectivity index (χ4v) is 3.40. The lowest BCUT2D eigenvalue weighted by Crippen LogP contribution is -2.48. The molecule has 0 aromatic heterocycles. The highest BCUT2D eigenvalue weighted by atomic mass is 15.2. The lowest BCUT2D eigenvalue weighted by atomic mass is 9.78. The molecule has 2 nitrogen and oxygen atoms in total. The van der Waals surface area contributed by atoms with Crippen molar-refractivity contribution in [3.05, 3.63) is 0 Å². The van der Waals surface area contributed by atoms with Gasteiger partial charge in [0.15, 0.2) is 0 Å². The lowest BCUT2D eigenvalue weighted by Gasteiger charge is -2.42. The van der Waals surface area contributed by atoms with Crippen LogP contribution in [-0.4, -0.2) is 30.6 Å². The van der Waals surface area contributed by atoms with Crippen LogP contribution in [0.4, 0.5) is 0 Å². The standard InChI is InChI=1S/C14H28N2/c1-10-4-5-13(9-15)14(8-10)16(3)11(2)12-6-7-12/h10-14H,4-9,15H2,1-3H3. The van der Waals surface area contributed by atoms with Crippen LogP contribution in [0.2, 0.25) is 0 Å². The molecule has 2 N–H and O–H groups in total. The highest BCUT2D eigenvalue weighted by Crippen LogP contribution is 2.38. The first-order valence-corrected chi connectivity index (χ1v) is 7.05. The monoisotopic (exact) mass is 224 g/mol. The maximum absolute atomic E-state index is 5.94. The molecule has 2 aliphatic carbocycles. The molecule has 0 saturated heterocycles. The van der Waals surface area contributed by atoms with Gasteiger partial charge in [0.2, 0.25) is 0 Å². The molecule has 0 amide bonds. The Morgan fingerprint density at radius 2 is 1.94 bits per heavy atom. The maximum Gasteiger partial charge on any atom is 0.0138 e. The van der Waals surface area contributed by atoms with E-state index in [9.17, 15) is 0 Å². The summed E-state index contributed by atoms with van der Waals surface area (Å²) in [5, 5.41) is 0. The first kappa shape index (κ1) is 12.4. The van der Waals surface area contributed by atoms with E-state index in [-0.39, 0.29) is 0 Å². The van der Waals surface area contributed by atoms with Crippen LogP contribution in [0.15, 0.2) is 0 Å². The Morgan fingerprint density at radius 1 is 1.25 bits per heavy atom. The van der Waals surface area contributed by atoms with Gasteiger partial charge in [-0.25, -0.2) is 0 Å². The fourth-order valence-electron chi connectivity index (χ4n) is 3.40. The van der Waals surface area contributed by atoms with Gasteiger partial charge in [0.1, 0.15) is 0 Å².